The number of hydrogen-bond acceptors (Lipinski definition) is 3. The number of hydrogen-bond donors (Lipinski definition) is 1. The van der Waals surface area contributed by atoms with Gasteiger partial charge in [-0.15, -0.1) is 18.3 Å². The van der Waals surface area contributed by atoms with Crippen molar-refractivity contribution in [3.8, 4) is 0 Å². The van der Waals surface area contributed by atoms with E-state index in [9.17, 15) is 0 Å². The molecule has 0 saturated carbocycles. The van der Waals surface area contributed by atoms with Gasteiger partial charge in [0.25, 0.3) is 0 Å². The Morgan fingerprint density at radius 3 is 3.06 bits per heavy atom. The summed E-state index contributed by atoms with van der Waals surface area (Å²) in [4.78, 5) is 3.69. The van der Waals surface area contributed by atoms with Gasteiger partial charge in [0.05, 0.1) is 0 Å². The Hall–Kier alpha value is -0.930. The Morgan fingerprint density at radius 2 is 2.35 bits per heavy atom. The molecule has 0 spiro atoms. The molecule has 1 heterocycles. The lowest BCUT2D eigenvalue weighted by Gasteiger charge is -2.16. The van der Waals surface area contributed by atoms with Crippen LogP contribution in [0.1, 0.15) is 6.42 Å². The number of nitrogens with zero attached hydrogens (tertiary/aromatic N) is 1. The first kappa shape index (κ1) is 12.5. The number of thioether (sulfide) groups is 1. The Kier molecular flexibility index (Phi) is 4.51. The molecule has 1 N–H and O–H groups in total. The summed E-state index contributed by atoms with van der Waals surface area (Å²) < 4.78 is 0. The van der Waals surface area contributed by atoms with Crippen molar-refractivity contribution in [3.63, 3.8) is 0 Å². The van der Waals surface area contributed by atoms with Gasteiger partial charge in [-0.1, -0.05) is 18.2 Å². The second kappa shape index (κ2) is 6.12. The molecule has 92 valence electrons. The lowest BCUT2D eigenvalue weighted by Crippen LogP contribution is -2.23. The van der Waals surface area contributed by atoms with E-state index in [1.54, 1.807) is 0 Å². The van der Waals surface area contributed by atoms with Crippen molar-refractivity contribution in [3.05, 3.63) is 36.9 Å². The topological polar surface area (TPSA) is 15.3 Å². The van der Waals surface area contributed by atoms with Gasteiger partial charge in [0.1, 0.15) is 0 Å². The maximum atomic E-state index is 3.77. The van der Waals surface area contributed by atoms with Gasteiger partial charge in [0.15, 0.2) is 0 Å². The molecular weight excluding hydrogens is 228 g/mol. The normalized spacial score (nSPS) is 20.4. The van der Waals surface area contributed by atoms with Crippen LogP contribution in [-0.4, -0.2) is 36.8 Å². The van der Waals surface area contributed by atoms with E-state index < -0.39 is 0 Å². The van der Waals surface area contributed by atoms with Crippen molar-refractivity contribution < 1.29 is 0 Å². The molecule has 0 bridgehead atoms. The number of likely N-dealkylation sites (tertiary alicyclic amines) is 1. The summed E-state index contributed by atoms with van der Waals surface area (Å²) in [7, 11) is 2.18. The minimum Gasteiger partial charge on any atom is -0.380 e. The van der Waals surface area contributed by atoms with Gasteiger partial charge in [-0.3, -0.25) is 0 Å². The summed E-state index contributed by atoms with van der Waals surface area (Å²) in [5.41, 5.74) is 1.26. The zero-order chi connectivity index (χ0) is 12.1. The highest BCUT2D eigenvalue weighted by Crippen LogP contribution is 2.28. The Morgan fingerprint density at radius 1 is 1.53 bits per heavy atom. The minimum absolute atomic E-state index is 0.588. The van der Waals surface area contributed by atoms with Crippen LogP contribution in [0.25, 0.3) is 0 Å². The summed E-state index contributed by atoms with van der Waals surface area (Å²) in [5, 5.41) is 3.65. The summed E-state index contributed by atoms with van der Waals surface area (Å²) in [6.07, 6.45) is 3.18. The molecular formula is C14H20N2S. The third-order valence-corrected chi connectivity index (χ3v) is 4.06. The smallest absolute Gasteiger partial charge is 0.0481 e. The number of para-hydroxylation sites is 1. The van der Waals surface area contributed by atoms with Crippen molar-refractivity contribution >= 4 is 17.4 Å². The average molecular weight is 248 g/mol. The van der Waals surface area contributed by atoms with Crippen LogP contribution in [0.15, 0.2) is 41.8 Å². The molecule has 1 atom stereocenters. The number of rotatable bonds is 5. The fraction of sp³-hybridized carbons (Fsp3) is 0.429. The van der Waals surface area contributed by atoms with E-state index in [0.717, 1.165) is 12.3 Å². The lowest BCUT2D eigenvalue weighted by atomic mass is 10.2. The summed E-state index contributed by atoms with van der Waals surface area (Å²) in [6.45, 7) is 6.10. The van der Waals surface area contributed by atoms with Crippen LogP contribution >= 0.6 is 11.8 Å². The van der Waals surface area contributed by atoms with Crippen molar-refractivity contribution in [2.24, 2.45) is 0 Å². The van der Waals surface area contributed by atoms with Crippen LogP contribution in [0, 0.1) is 0 Å². The maximum Gasteiger partial charge on any atom is 0.0481 e. The van der Waals surface area contributed by atoms with Crippen molar-refractivity contribution in [1.82, 2.24) is 4.90 Å². The first-order valence-corrected chi connectivity index (χ1v) is 7.06. The second-order valence-corrected chi connectivity index (χ2v) is 5.55. The molecule has 3 heteroatoms. The van der Waals surface area contributed by atoms with Crippen molar-refractivity contribution in [2.75, 3.05) is 31.2 Å². The monoisotopic (exact) mass is 248 g/mol. The molecule has 1 aromatic rings. The van der Waals surface area contributed by atoms with Crippen LogP contribution in [0.5, 0.6) is 0 Å². The standard InChI is InChI=1S/C14H20N2S/c1-3-10-17-14-7-5-4-6-13(14)15-12-8-9-16(2)11-12/h3-7,12,15H,1,8-11H2,2H3. The molecule has 1 saturated heterocycles. The minimum atomic E-state index is 0.588. The van der Waals surface area contributed by atoms with Gasteiger partial charge in [0, 0.05) is 28.9 Å². The van der Waals surface area contributed by atoms with Crippen LogP contribution in [-0.2, 0) is 0 Å². The van der Waals surface area contributed by atoms with Gasteiger partial charge in [-0.2, -0.15) is 0 Å². The molecule has 0 aliphatic carbocycles. The van der Waals surface area contributed by atoms with E-state index in [-0.39, 0.29) is 0 Å². The number of benzene rings is 1. The molecule has 2 rings (SSSR count). The van der Waals surface area contributed by atoms with E-state index in [4.69, 9.17) is 0 Å². The van der Waals surface area contributed by atoms with E-state index in [0.29, 0.717) is 6.04 Å². The molecule has 1 fully saturated rings. The largest absolute Gasteiger partial charge is 0.380 e. The van der Waals surface area contributed by atoms with Crippen molar-refractivity contribution in [1.29, 1.82) is 0 Å². The summed E-state index contributed by atoms with van der Waals surface area (Å²) in [6, 6.07) is 9.13. The second-order valence-electron chi connectivity index (χ2n) is 4.49. The summed E-state index contributed by atoms with van der Waals surface area (Å²) in [5.74, 6) is 0.962. The van der Waals surface area contributed by atoms with Crippen LogP contribution in [0.2, 0.25) is 0 Å². The predicted octanol–water partition coefficient (Wildman–Crippen LogP) is 3.08. The zero-order valence-corrected chi connectivity index (χ0v) is 11.2. The molecule has 0 radical (unpaired) electrons. The van der Waals surface area contributed by atoms with Gasteiger partial charge in [-0.25, -0.2) is 0 Å². The van der Waals surface area contributed by atoms with E-state index in [1.807, 2.05) is 17.8 Å². The number of likely N-dealkylation sites (N-methyl/N-ethyl adjacent to an activating group) is 1. The highest BCUT2D eigenvalue weighted by molar-refractivity contribution is 7.99. The molecule has 0 aromatic heterocycles. The van der Waals surface area contributed by atoms with Gasteiger partial charge < -0.3 is 10.2 Å². The van der Waals surface area contributed by atoms with Crippen LogP contribution < -0.4 is 5.32 Å². The van der Waals surface area contributed by atoms with Gasteiger partial charge in [0.2, 0.25) is 0 Å². The molecule has 1 aromatic carbocycles. The SMILES string of the molecule is C=CCSc1ccccc1NC1CCN(C)C1. The molecule has 1 aliphatic rings. The van der Waals surface area contributed by atoms with Crippen LogP contribution in [0.4, 0.5) is 5.69 Å². The zero-order valence-electron chi connectivity index (χ0n) is 10.4. The quantitative estimate of drug-likeness (QED) is 0.637. The molecule has 1 unspecified atom stereocenters. The number of anilines is 1. The first-order valence-electron chi connectivity index (χ1n) is 6.07. The molecule has 1 aliphatic heterocycles. The third-order valence-electron chi connectivity index (χ3n) is 2.99. The molecule has 0 amide bonds. The highest BCUT2D eigenvalue weighted by atomic mass is 32.2. The predicted molar refractivity (Wildman–Crippen MR) is 76.9 cm³/mol. The van der Waals surface area contributed by atoms with E-state index >= 15 is 0 Å². The van der Waals surface area contributed by atoms with Gasteiger partial charge in [-0.05, 0) is 32.1 Å². The first-order chi connectivity index (χ1) is 8.29. The Balaban J connectivity index is 2.01. The van der Waals surface area contributed by atoms with Crippen LogP contribution in [0.3, 0.4) is 0 Å². The lowest BCUT2D eigenvalue weighted by molar-refractivity contribution is 0.414. The number of nitrogens with one attached hydrogen (secondary N) is 1. The van der Waals surface area contributed by atoms with Gasteiger partial charge >= 0.3 is 0 Å². The summed E-state index contributed by atoms with van der Waals surface area (Å²) >= 11 is 1.84. The van der Waals surface area contributed by atoms with E-state index in [1.165, 1.54) is 23.5 Å². The molecule has 17 heavy (non-hydrogen) atoms. The fourth-order valence-corrected chi connectivity index (χ4v) is 2.89. The third kappa shape index (κ3) is 3.51. The van der Waals surface area contributed by atoms with Crippen molar-refractivity contribution in [2.45, 2.75) is 17.4 Å². The average Bonchev–Trinajstić information content (AvgIpc) is 2.74. The Bertz CT molecular complexity index is 378. The molecule has 2 nitrogen and oxygen atoms in total. The highest BCUT2D eigenvalue weighted by Gasteiger charge is 2.19. The maximum absolute atomic E-state index is 3.77. The fourth-order valence-electron chi connectivity index (χ4n) is 2.13. The Labute approximate surface area is 108 Å². The van der Waals surface area contributed by atoms with E-state index in [2.05, 4.69) is 48.1 Å².